The zero-order chi connectivity index (χ0) is 18.0. The number of hydrogen-bond acceptors (Lipinski definition) is 3. The molecule has 1 aliphatic heterocycles. The fourth-order valence-electron chi connectivity index (χ4n) is 2.94. The second-order valence-electron chi connectivity index (χ2n) is 6.72. The number of aliphatic carboxylic acids is 1. The molecule has 0 spiro atoms. The van der Waals surface area contributed by atoms with Crippen LogP contribution < -0.4 is 4.74 Å². The lowest BCUT2D eigenvalue weighted by molar-refractivity contribution is -0.833. The molecule has 1 aliphatic rings. The molecule has 5 nitrogen and oxygen atoms in total. The van der Waals surface area contributed by atoms with Crippen molar-refractivity contribution in [1.29, 1.82) is 0 Å². The Morgan fingerprint density at radius 1 is 1.24 bits per heavy atom. The van der Waals surface area contributed by atoms with E-state index < -0.39 is 10.6 Å². The number of fused-ring (bicyclic) bond motifs is 2. The summed E-state index contributed by atoms with van der Waals surface area (Å²) in [6.07, 6.45) is 1.87. The second kappa shape index (κ2) is 6.70. The van der Waals surface area contributed by atoms with Gasteiger partial charge in [-0.15, -0.1) is 0 Å². The smallest absolute Gasteiger partial charge is 0.307 e. The number of benzene rings is 2. The van der Waals surface area contributed by atoms with E-state index in [1.165, 1.54) is 0 Å². The van der Waals surface area contributed by atoms with Crippen LogP contribution in [0.3, 0.4) is 0 Å². The summed E-state index contributed by atoms with van der Waals surface area (Å²) < 4.78 is 5.49. The van der Waals surface area contributed by atoms with Crippen LogP contribution in [0, 0.1) is 5.21 Å². The minimum atomic E-state index is -0.877. The standard InChI is InChI=1S/C20H21NO4/c1-21(2,24)10-9-17-16-6-4-3-5-15(16)13-25-19-8-7-14(11-18(17)19)12-20(22)23/h3-9,11H,10,12-13H2,1-2H3,(H,22,23). The van der Waals surface area contributed by atoms with Gasteiger partial charge in [0.05, 0.1) is 27.1 Å². The van der Waals surface area contributed by atoms with Gasteiger partial charge in [0.1, 0.15) is 12.4 Å². The van der Waals surface area contributed by atoms with Crippen LogP contribution in [0.1, 0.15) is 22.3 Å². The first kappa shape index (κ1) is 17.2. The maximum absolute atomic E-state index is 12.1. The molecule has 0 radical (unpaired) electrons. The highest BCUT2D eigenvalue weighted by molar-refractivity contribution is 5.85. The second-order valence-corrected chi connectivity index (χ2v) is 6.72. The molecule has 2 aromatic rings. The van der Waals surface area contributed by atoms with Crippen molar-refractivity contribution in [2.24, 2.45) is 0 Å². The van der Waals surface area contributed by atoms with E-state index in [4.69, 9.17) is 9.84 Å². The molecule has 3 rings (SSSR count). The average molecular weight is 339 g/mol. The molecule has 5 heteroatoms. The van der Waals surface area contributed by atoms with Gasteiger partial charge in [-0.05, 0) is 40.5 Å². The molecule has 1 N–H and O–H groups in total. The van der Waals surface area contributed by atoms with Gasteiger partial charge >= 0.3 is 5.97 Å². The van der Waals surface area contributed by atoms with Gasteiger partial charge in [-0.25, -0.2) is 0 Å². The first-order valence-corrected chi connectivity index (χ1v) is 8.14. The first-order valence-electron chi connectivity index (χ1n) is 8.14. The van der Waals surface area contributed by atoms with Crippen LogP contribution in [-0.2, 0) is 17.8 Å². The quantitative estimate of drug-likeness (QED) is 0.686. The molecule has 0 fully saturated rings. The third-order valence-corrected chi connectivity index (χ3v) is 4.12. The molecule has 2 aromatic carbocycles. The molecular formula is C20H21NO4. The summed E-state index contributed by atoms with van der Waals surface area (Å²) in [4.78, 5) is 11.1. The van der Waals surface area contributed by atoms with Crippen LogP contribution in [0.4, 0.5) is 0 Å². The number of hydroxylamine groups is 3. The number of ether oxygens (including phenoxy) is 1. The Morgan fingerprint density at radius 3 is 2.72 bits per heavy atom. The number of likely N-dealkylation sites (N-methyl/N-ethyl adjacent to an activating group) is 1. The summed E-state index contributed by atoms with van der Waals surface area (Å²) in [5.74, 6) is -0.175. The summed E-state index contributed by atoms with van der Waals surface area (Å²) in [6.45, 7) is 0.751. The minimum Gasteiger partial charge on any atom is -0.633 e. The predicted molar refractivity (Wildman–Crippen MR) is 96.0 cm³/mol. The average Bonchev–Trinajstić information content (AvgIpc) is 2.68. The molecule has 1 heterocycles. The minimum absolute atomic E-state index is 0.0503. The maximum atomic E-state index is 12.1. The van der Waals surface area contributed by atoms with Gasteiger partial charge in [0.25, 0.3) is 0 Å². The molecule has 0 unspecified atom stereocenters. The molecule has 0 aliphatic carbocycles. The van der Waals surface area contributed by atoms with Gasteiger partial charge in [-0.3, -0.25) is 4.79 Å². The molecular weight excluding hydrogens is 318 g/mol. The number of carboxylic acid groups (broad SMARTS) is 1. The Morgan fingerprint density at radius 2 is 2.00 bits per heavy atom. The van der Waals surface area contributed by atoms with E-state index in [-0.39, 0.29) is 6.42 Å². The van der Waals surface area contributed by atoms with Crippen molar-refractivity contribution in [1.82, 2.24) is 0 Å². The fourth-order valence-corrected chi connectivity index (χ4v) is 2.94. The Hall–Kier alpha value is -2.63. The number of hydrogen-bond donors (Lipinski definition) is 1. The van der Waals surface area contributed by atoms with E-state index >= 15 is 0 Å². The molecule has 0 aromatic heterocycles. The highest BCUT2D eigenvalue weighted by atomic mass is 16.5. The summed E-state index contributed by atoms with van der Waals surface area (Å²) >= 11 is 0. The van der Waals surface area contributed by atoms with E-state index in [2.05, 4.69) is 0 Å². The van der Waals surface area contributed by atoms with Crippen LogP contribution in [0.15, 0.2) is 48.5 Å². The molecule has 0 atom stereocenters. The molecule has 0 amide bonds. The van der Waals surface area contributed by atoms with Crippen molar-refractivity contribution in [2.45, 2.75) is 13.0 Å². The van der Waals surface area contributed by atoms with Crippen molar-refractivity contribution >= 4 is 11.5 Å². The number of rotatable bonds is 4. The van der Waals surface area contributed by atoms with Crippen molar-refractivity contribution in [2.75, 3.05) is 20.6 Å². The van der Waals surface area contributed by atoms with E-state index in [0.29, 0.717) is 24.5 Å². The molecule has 25 heavy (non-hydrogen) atoms. The van der Waals surface area contributed by atoms with E-state index in [9.17, 15) is 10.0 Å². The summed E-state index contributed by atoms with van der Waals surface area (Å²) in [5.41, 5.74) is 4.51. The number of carbonyl (C=O) groups is 1. The van der Waals surface area contributed by atoms with Crippen LogP contribution in [0.2, 0.25) is 0 Å². The molecule has 0 saturated heterocycles. The van der Waals surface area contributed by atoms with Gasteiger partial charge in [0, 0.05) is 5.56 Å². The van der Waals surface area contributed by atoms with Crippen LogP contribution in [0.5, 0.6) is 5.75 Å². The number of nitrogens with zero attached hydrogens (tertiary/aromatic N) is 1. The van der Waals surface area contributed by atoms with Crippen molar-refractivity contribution in [3.8, 4) is 5.75 Å². The highest BCUT2D eigenvalue weighted by Crippen LogP contribution is 2.37. The van der Waals surface area contributed by atoms with Crippen molar-refractivity contribution < 1.29 is 19.3 Å². The fraction of sp³-hybridized carbons (Fsp3) is 0.250. The monoisotopic (exact) mass is 339 g/mol. The lowest BCUT2D eigenvalue weighted by atomic mass is 9.92. The third-order valence-electron chi connectivity index (χ3n) is 4.12. The van der Waals surface area contributed by atoms with Gasteiger partial charge in [-0.1, -0.05) is 30.3 Å². The van der Waals surface area contributed by atoms with Gasteiger partial charge < -0.3 is 19.7 Å². The predicted octanol–water partition coefficient (Wildman–Crippen LogP) is 3.21. The normalized spacial score (nSPS) is 15.1. The molecule has 0 bridgehead atoms. The zero-order valence-corrected chi connectivity index (χ0v) is 14.4. The van der Waals surface area contributed by atoms with Gasteiger partial charge in [0.2, 0.25) is 0 Å². The third kappa shape index (κ3) is 4.07. The van der Waals surface area contributed by atoms with Crippen LogP contribution in [-0.4, -0.2) is 36.4 Å². The summed E-state index contributed by atoms with van der Waals surface area (Å²) in [6, 6.07) is 13.4. The Balaban J connectivity index is 2.15. The van der Waals surface area contributed by atoms with Gasteiger partial charge in [-0.2, -0.15) is 0 Å². The van der Waals surface area contributed by atoms with E-state index in [1.807, 2.05) is 42.5 Å². The molecule has 130 valence electrons. The summed E-state index contributed by atoms with van der Waals surface area (Å²) in [5, 5.41) is 21.1. The first-order chi connectivity index (χ1) is 11.8. The van der Waals surface area contributed by atoms with Gasteiger partial charge in [0.15, 0.2) is 0 Å². The number of quaternary nitrogens is 1. The van der Waals surface area contributed by atoms with Crippen molar-refractivity contribution in [3.05, 3.63) is 76.0 Å². The van der Waals surface area contributed by atoms with Crippen LogP contribution >= 0.6 is 0 Å². The number of carboxylic acids is 1. The lowest BCUT2D eigenvalue weighted by Gasteiger charge is -2.32. The van der Waals surface area contributed by atoms with Crippen molar-refractivity contribution in [3.63, 3.8) is 0 Å². The zero-order valence-electron chi connectivity index (χ0n) is 14.4. The largest absolute Gasteiger partial charge is 0.633 e. The SMILES string of the molecule is C[N+](C)([O-])CC=C1c2ccccc2COc2ccc(CC(=O)O)cc21. The summed E-state index contributed by atoms with van der Waals surface area (Å²) in [7, 11) is 3.19. The lowest BCUT2D eigenvalue weighted by Crippen LogP contribution is -2.32. The van der Waals surface area contributed by atoms with E-state index in [1.54, 1.807) is 20.2 Å². The van der Waals surface area contributed by atoms with E-state index in [0.717, 1.165) is 22.3 Å². The Labute approximate surface area is 146 Å². The Kier molecular flexibility index (Phi) is 4.61. The maximum Gasteiger partial charge on any atom is 0.307 e. The Bertz CT molecular complexity index is 834. The molecule has 0 saturated carbocycles. The van der Waals surface area contributed by atoms with Crippen LogP contribution in [0.25, 0.3) is 5.57 Å². The highest BCUT2D eigenvalue weighted by Gasteiger charge is 2.20. The topological polar surface area (TPSA) is 69.6 Å².